The van der Waals surface area contributed by atoms with E-state index in [0.717, 1.165) is 5.56 Å². The van der Waals surface area contributed by atoms with E-state index in [0.29, 0.717) is 13.0 Å². The third-order valence-corrected chi connectivity index (χ3v) is 3.95. The maximum Gasteiger partial charge on any atom is 0.263 e. The number of imide groups is 1. The molecule has 1 atom stereocenters. The number of carbonyl (C=O) groups excluding carboxylic acids is 2. The van der Waals surface area contributed by atoms with Gasteiger partial charge in [0.05, 0.1) is 5.56 Å². The van der Waals surface area contributed by atoms with Crippen molar-refractivity contribution in [1.29, 1.82) is 0 Å². The fourth-order valence-electron chi connectivity index (χ4n) is 2.42. The highest BCUT2D eigenvalue weighted by Crippen LogP contribution is 2.34. The number of halogens is 1. The summed E-state index contributed by atoms with van der Waals surface area (Å²) in [5.74, 6) is -1.19. The molecular formula is C16H20FNO2. The highest BCUT2D eigenvalue weighted by molar-refractivity contribution is 6.05. The molecular weight excluding hydrogens is 257 g/mol. The average Bonchev–Trinajstić information content (AvgIpc) is 2.70. The van der Waals surface area contributed by atoms with Crippen molar-refractivity contribution >= 4 is 11.8 Å². The van der Waals surface area contributed by atoms with Crippen LogP contribution in [-0.4, -0.2) is 23.3 Å². The lowest BCUT2D eigenvalue weighted by Crippen LogP contribution is -2.34. The van der Waals surface area contributed by atoms with E-state index in [-0.39, 0.29) is 22.8 Å². The first-order valence-electron chi connectivity index (χ1n) is 6.81. The summed E-state index contributed by atoms with van der Waals surface area (Å²) < 4.78 is 13.9. The Morgan fingerprint density at radius 2 is 2.00 bits per heavy atom. The van der Waals surface area contributed by atoms with Crippen LogP contribution in [0.2, 0.25) is 0 Å². The molecule has 4 heteroatoms. The summed E-state index contributed by atoms with van der Waals surface area (Å²) in [5.41, 5.74) is 0.675. The Balaban J connectivity index is 2.24. The van der Waals surface area contributed by atoms with Crippen molar-refractivity contribution in [3.63, 3.8) is 0 Å². The lowest BCUT2D eigenvalue weighted by atomic mass is 9.80. The Hall–Kier alpha value is -1.71. The predicted octanol–water partition coefficient (Wildman–Crippen LogP) is 3.17. The van der Waals surface area contributed by atoms with Gasteiger partial charge in [0, 0.05) is 13.0 Å². The van der Waals surface area contributed by atoms with E-state index >= 15 is 0 Å². The zero-order valence-electron chi connectivity index (χ0n) is 12.4. The Bertz CT molecular complexity index is 560. The van der Waals surface area contributed by atoms with E-state index in [4.69, 9.17) is 0 Å². The van der Waals surface area contributed by atoms with Crippen molar-refractivity contribution < 1.29 is 14.0 Å². The first-order valence-corrected chi connectivity index (χ1v) is 6.81. The first kappa shape index (κ1) is 14.7. The molecule has 0 radical (unpaired) electrons. The minimum Gasteiger partial charge on any atom is -0.278 e. The normalized spacial score (nSPS) is 19.6. The van der Waals surface area contributed by atoms with Crippen LogP contribution in [0.5, 0.6) is 0 Å². The molecule has 2 amide bonds. The van der Waals surface area contributed by atoms with Crippen molar-refractivity contribution in [2.45, 2.75) is 34.1 Å². The largest absolute Gasteiger partial charge is 0.278 e. The third kappa shape index (κ3) is 2.74. The van der Waals surface area contributed by atoms with Gasteiger partial charge in [0.1, 0.15) is 5.82 Å². The molecule has 0 spiro atoms. The van der Waals surface area contributed by atoms with Gasteiger partial charge in [-0.25, -0.2) is 4.39 Å². The van der Waals surface area contributed by atoms with Crippen molar-refractivity contribution in [3.05, 3.63) is 35.1 Å². The fraction of sp³-hybridized carbons (Fsp3) is 0.500. The summed E-state index contributed by atoms with van der Waals surface area (Å²) in [6, 6.07) is 4.44. The van der Waals surface area contributed by atoms with E-state index in [1.54, 1.807) is 13.0 Å². The maximum atomic E-state index is 13.9. The smallest absolute Gasteiger partial charge is 0.263 e. The minimum absolute atomic E-state index is 0.0292. The molecule has 1 aromatic rings. The van der Waals surface area contributed by atoms with Crippen LogP contribution < -0.4 is 0 Å². The number of aryl methyl sites for hydroxylation is 1. The summed E-state index contributed by atoms with van der Waals surface area (Å²) in [6.45, 7) is 8.27. The van der Waals surface area contributed by atoms with Gasteiger partial charge >= 0.3 is 0 Å². The molecule has 3 nitrogen and oxygen atoms in total. The Labute approximate surface area is 118 Å². The highest BCUT2D eigenvalue weighted by Gasteiger charge is 2.40. The molecule has 0 aromatic heterocycles. The van der Waals surface area contributed by atoms with Crippen LogP contribution in [0.25, 0.3) is 0 Å². The van der Waals surface area contributed by atoms with Gasteiger partial charge in [-0.2, -0.15) is 0 Å². The second-order valence-electron chi connectivity index (χ2n) is 6.56. The summed E-state index contributed by atoms with van der Waals surface area (Å²) in [7, 11) is 0. The molecule has 2 rings (SSSR count). The first-order chi connectivity index (χ1) is 9.20. The van der Waals surface area contributed by atoms with Gasteiger partial charge in [-0.3, -0.25) is 14.5 Å². The summed E-state index contributed by atoms with van der Waals surface area (Å²) >= 11 is 0. The van der Waals surface area contributed by atoms with E-state index in [1.807, 2.05) is 20.8 Å². The third-order valence-electron chi connectivity index (χ3n) is 3.95. The monoisotopic (exact) mass is 277 g/mol. The molecule has 0 aliphatic carbocycles. The number of benzene rings is 1. The molecule has 1 unspecified atom stereocenters. The predicted molar refractivity (Wildman–Crippen MR) is 74.7 cm³/mol. The molecule has 108 valence electrons. The lowest BCUT2D eigenvalue weighted by Gasteiger charge is -2.26. The van der Waals surface area contributed by atoms with E-state index in [2.05, 4.69) is 0 Å². The lowest BCUT2D eigenvalue weighted by molar-refractivity contribution is -0.125. The van der Waals surface area contributed by atoms with Crippen LogP contribution in [0, 0.1) is 24.1 Å². The quantitative estimate of drug-likeness (QED) is 0.739. The second-order valence-corrected chi connectivity index (χ2v) is 6.56. The molecule has 0 N–H and O–H groups in total. The highest BCUT2D eigenvalue weighted by atomic mass is 19.1. The summed E-state index contributed by atoms with van der Waals surface area (Å²) in [4.78, 5) is 25.5. The van der Waals surface area contributed by atoms with Gasteiger partial charge in [-0.15, -0.1) is 0 Å². The average molecular weight is 277 g/mol. The van der Waals surface area contributed by atoms with Gasteiger partial charge < -0.3 is 0 Å². The zero-order chi connectivity index (χ0) is 15.1. The van der Waals surface area contributed by atoms with Gasteiger partial charge in [0.15, 0.2) is 0 Å². The van der Waals surface area contributed by atoms with Crippen molar-refractivity contribution in [3.8, 4) is 0 Å². The zero-order valence-corrected chi connectivity index (χ0v) is 12.4. The number of carbonyl (C=O) groups is 2. The minimum atomic E-state index is -0.568. The van der Waals surface area contributed by atoms with E-state index < -0.39 is 11.7 Å². The summed E-state index contributed by atoms with van der Waals surface area (Å²) in [5, 5.41) is 0. The molecule has 1 aliphatic heterocycles. The van der Waals surface area contributed by atoms with Crippen LogP contribution in [0.1, 0.15) is 43.1 Å². The molecule has 1 heterocycles. The molecule has 0 saturated carbocycles. The van der Waals surface area contributed by atoms with Crippen LogP contribution in [0.15, 0.2) is 18.2 Å². The van der Waals surface area contributed by atoms with E-state index in [1.165, 1.54) is 17.0 Å². The van der Waals surface area contributed by atoms with Crippen LogP contribution in [0.4, 0.5) is 4.39 Å². The van der Waals surface area contributed by atoms with Crippen molar-refractivity contribution in [1.82, 2.24) is 4.90 Å². The second kappa shape index (κ2) is 5.00. The van der Waals surface area contributed by atoms with E-state index in [9.17, 15) is 14.0 Å². The standard InChI is InChI=1S/C16H20FNO2/c1-10-5-6-12(13(17)7-10)15(20)18-9-11(8-14(18)19)16(2,3)4/h5-7,11H,8-9H2,1-4H3. The van der Waals surface area contributed by atoms with Crippen LogP contribution in [0.3, 0.4) is 0 Å². The topological polar surface area (TPSA) is 37.4 Å². The van der Waals surface area contributed by atoms with Crippen molar-refractivity contribution in [2.75, 3.05) is 6.54 Å². The number of hydrogen-bond acceptors (Lipinski definition) is 2. The number of hydrogen-bond donors (Lipinski definition) is 0. The molecule has 0 bridgehead atoms. The Morgan fingerprint density at radius 3 is 2.50 bits per heavy atom. The Kier molecular flexibility index (Phi) is 3.67. The molecule has 1 aliphatic rings. The fourth-order valence-corrected chi connectivity index (χ4v) is 2.42. The molecule has 20 heavy (non-hydrogen) atoms. The van der Waals surface area contributed by atoms with Crippen LogP contribution >= 0.6 is 0 Å². The molecule has 1 aromatic carbocycles. The van der Waals surface area contributed by atoms with Crippen LogP contribution in [-0.2, 0) is 4.79 Å². The van der Waals surface area contributed by atoms with Gasteiger partial charge in [0.2, 0.25) is 5.91 Å². The van der Waals surface area contributed by atoms with Gasteiger partial charge in [-0.1, -0.05) is 26.8 Å². The number of likely N-dealkylation sites (tertiary alicyclic amines) is 1. The summed E-state index contributed by atoms with van der Waals surface area (Å²) in [6.07, 6.45) is 0.350. The maximum absolute atomic E-state index is 13.9. The molecule has 1 fully saturated rings. The number of rotatable bonds is 1. The van der Waals surface area contributed by atoms with Gasteiger partial charge in [0.25, 0.3) is 5.91 Å². The number of nitrogens with zero attached hydrogens (tertiary/aromatic N) is 1. The van der Waals surface area contributed by atoms with Gasteiger partial charge in [-0.05, 0) is 36.0 Å². The SMILES string of the molecule is Cc1ccc(C(=O)N2CC(C(C)(C)C)CC2=O)c(F)c1. The Morgan fingerprint density at radius 1 is 1.35 bits per heavy atom. The van der Waals surface area contributed by atoms with Crippen molar-refractivity contribution in [2.24, 2.45) is 11.3 Å². The molecule has 1 saturated heterocycles. The number of amides is 2.